The van der Waals surface area contributed by atoms with Gasteiger partial charge in [0.05, 0.1) is 0 Å². The topological polar surface area (TPSA) is 86.2 Å². The van der Waals surface area contributed by atoms with E-state index in [1.54, 1.807) is 0 Å². The van der Waals surface area contributed by atoms with Gasteiger partial charge < -0.3 is 8.94 Å². The predicted molar refractivity (Wildman–Crippen MR) is 59.0 cm³/mol. The van der Waals surface area contributed by atoms with E-state index in [-0.39, 0.29) is 16.7 Å². The molecule has 0 radical (unpaired) electrons. The highest BCUT2D eigenvalue weighted by molar-refractivity contribution is 8.13. The van der Waals surface area contributed by atoms with Gasteiger partial charge in [0.1, 0.15) is 0 Å². The summed E-state index contributed by atoms with van der Waals surface area (Å²) in [6.07, 6.45) is 1.54. The fourth-order valence-corrected chi connectivity index (χ4v) is 1.91. The molecule has 0 bridgehead atoms. The van der Waals surface area contributed by atoms with Crippen LogP contribution in [-0.4, -0.2) is 18.6 Å². The number of furan rings is 1. The van der Waals surface area contributed by atoms with Crippen molar-refractivity contribution in [1.82, 2.24) is 10.1 Å². The molecule has 0 atom stereocenters. The molecule has 0 spiro atoms. The molecule has 2 aromatic rings. The van der Waals surface area contributed by atoms with Crippen LogP contribution in [0.2, 0.25) is 0 Å². The summed E-state index contributed by atoms with van der Waals surface area (Å²) in [5, 5.41) is 3.35. The number of hydrogen-bond donors (Lipinski definition) is 0. The van der Waals surface area contributed by atoms with E-state index in [4.69, 9.17) is 19.6 Å². The van der Waals surface area contributed by atoms with Crippen LogP contribution >= 0.6 is 10.7 Å². The minimum Gasteiger partial charge on any atom is -0.440 e. The van der Waals surface area contributed by atoms with Crippen LogP contribution in [0.5, 0.6) is 0 Å². The van der Waals surface area contributed by atoms with Gasteiger partial charge in [-0.05, 0) is 18.6 Å². The zero-order valence-corrected chi connectivity index (χ0v) is 10.5. The molecule has 0 unspecified atom stereocenters. The lowest BCUT2D eigenvalue weighted by Crippen LogP contribution is -1.86. The van der Waals surface area contributed by atoms with Crippen molar-refractivity contribution >= 4 is 19.7 Å². The first-order chi connectivity index (χ1) is 8.00. The van der Waals surface area contributed by atoms with Crippen LogP contribution in [0.4, 0.5) is 0 Å². The maximum atomic E-state index is 11.0. The number of aryl methyl sites for hydroxylation is 1. The van der Waals surface area contributed by atoms with Crippen molar-refractivity contribution in [3.63, 3.8) is 0 Å². The molecule has 0 saturated heterocycles. The summed E-state index contributed by atoms with van der Waals surface area (Å²) < 4.78 is 32.0. The fraction of sp³-hybridized carbons (Fsp3) is 0.333. The van der Waals surface area contributed by atoms with Gasteiger partial charge in [0, 0.05) is 17.1 Å². The Morgan fingerprint density at radius 3 is 2.76 bits per heavy atom. The molecule has 2 aromatic heterocycles. The molecule has 6 nitrogen and oxygen atoms in total. The van der Waals surface area contributed by atoms with Crippen LogP contribution in [-0.2, 0) is 15.5 Å². The van der Waals surface area contributed by atoms with E-state index in [9.17, 15) is 8.42 Å². The van der Waals surface area contributed by atoms with E-state index in [2.05, 4.69) is 10.1 Å². The number of rotatable bonds is 4. The van der Waals surface area contributed by atoms with Crippen LogP contribution in [0.3, 0.4) is 0 Å². The van der Waals surface area contributed by atoms with Crippen molar-refractivity contribution < 1.29 is 17.4 Å². The molecule has 0 saturated carbocycles. The van der Waals surface area contributed by atoms with Crippen molar-refractivity contribution in [2.24, 2.45) is 0 Å². The first-order valence-corrected chi connectivity index (χ1v) is 7.19. The van der Waals surface area contributed by atoms with Crippen LogP contribution in [0.1, 0.15) is 19.2 Å². The fourth-order valence-electron chi connectivity index (χ4n) is 1.24. The Bertz CT molecular complexity index is 616. The van der Waals surface area contributed by atoms with E-state index in [0.717, 1.165) is 6.42 Å². The van der Waals surface area contributed by atoms with Gasteiger partial charge in [-0.3, -0.25) is 0 Å². The minimum atomic E-state index is -3.87. The van der Waals surface area contributed by atoms with Crippen molar-refractivity contribution in [1.29, 1.82) is 0 Å². The molecule has 0 aliphatic carbocycles. The summed E-state index contributed by atoms with van der Waals surface area (Å²) in [4.78, 5) is 4.06. The first kappa shape index (κ1) is 12.1. The molecular formula is C9H9ClN2O4S. The van der Waals surface area contributed by atoms with E-state index < -0.39 is 9.05 Å². The zero-order chi connectivity index (χ0) is 12.5. The molecule has 2 heterocycles. The lowest BCUT2D eigenvalue weighted by Gasteiger charge is -1.88. The van der Waals surface area contributed by atoms with Crippen LogP contribution in [0, 0.1) is 0 Å². The second-order valence-electron chi connectivity index (χ2n) is 3.32. The second-order valence-corrected chi connectivity index (χ2v) is 5.82. The van der Waals surface area contributed by atoms with Crippen molar-refractivity contribution in [3.05, 3.63) is 18.0 Å². The molecule has 0 N–H and O–H groups in total. The highest BCUT2D eigenvalue weighted by Crippen LogP contribution is 2.24. The second kappa shape index (κ2) is 4.50. The highest BCUT2D eigenvalue weighted by atomic mass is 35.7. The maximum absolute atomic E-state index is 11.0. The standard InChI is InChI=1S/C9H9ClN2O4S/c1-2-3-7-11-9(12-16-7)6-4-5-8(15-6)17(10,13)14/h4-5H,2-3H2,1H3. The number of nitrogens with zero attached hydrogens (tertiary/aromatic N) is 2. The monoisotopic (exact) mass is 276 g/mol. The summed E-state index contributed by atoms with van der Waals surface area (Å²) in [7, 11) is 1.25. The number of aromatic nitrogens is 2. The van der Waals surface area contributed by atoms with Crippen LogP contribution in [0.25, 0.3) is 11.6 Å². The third-order valence-corrected chi connectivity index (χ3v) is 3.13. The van der Waals surface area contributed by atoms with Gasteiger partial charge in [-0.15, -0.1) is 0 Å². The van der Waals surface area contributed by atoms with Gasteiger partial charge in [0.15, 0.2) is 5.76 Å². The molecule has 0 aliphatic rings. The summed E-state index contributed by atoms with van der Waals surface area (Å²) in [6.45, 7) is 1.98. The molecule has 2 rings (SSSR count). The zero-order valence-electron chi connectivity index (χ0n) is 8.88. The summed E-state index contributed by atoms with van der Waals surface area (Å²) in [5.74, 6) is 0.893. The predicted octanol–water partition coefficient (Wildman–Crippen LogP) is 2.21. The number of halogens is 1. The van der Waals surface area contributed by atoms with Crippen molar-refractivity contribution in [3.8, 4) is 11.6 Å². The van der Waals surface area contributed by atoms with E-state index in [1.165, 1.54) is 12.1 Å². The molecular weight excluding hydrogens is 268 g/mol. The van der Waals surface area contributed by atoms with E-state index >= 15 is 0 Å². The largest absolute Gasteiger partial charge is 0.440 e. The van der Waals surface area contributed by atoms with Crippen molar-refractivity contribution in [2.75, 3.05) is 0 Å². The van der Waals surface area contributed by atoms with E-state index in [0.29, 0.717) is 12.3 Å². The normalized spacial score (nSPS) is 11.9. The average Bonchev–Trinajstić information content (AvgIpc) is 2.82. The Kier molecular flexibility index (Phi) is 3.21. The third kappa shape index (κ3) is 2.67. The summed E-state index contributed by atoms with van der Waals surface area (Å²) >= 11 is 0. The Hall–Kier alpha value is -1.34. The molecule has 0 amide bonds. The molecule has 8 heteroatoms. The molecule has 0 aliphatic heterocycles. The Balaban J connectivity index is 2.30. The Morgan fingerprint density at radius 1 is 1.41 bits per heavy atom. The van der Waals surface area contributed by atoms with E-state index in [1.807, 2.05) is 6.92 Å². The Labute approximate surface area is 102 Å². The quantitative estimate of drug-likeness (QED) is 0.796. The van der Waals surface area contributed by atoms with Gasteiger partial charge in [-0.25, -0.2) is 8.42 Å². The molecule has 0 fully saturated rings. The van der Waals surface area contributed by atoms with Crippen LogP contribution < -0.4 is 0 Å². The maximum Gasteiger partial charge on any atom is 0.294 e. The Morgan fingerprint density at radius 2 is 2.18 bits per heavy atom. The SMILES string of the molecule is CCCc1nc(-c2ccc(S(=O)(=O)Cl)o2)no1. The lowest BCUT2D eigenvalue weighted by molar-refractivity contribution is 0.375. The first-order valence-electron chi connectivity index (χ1n) is 4.88. The smallest absolute Gasteiger partial charge is 0.294 e. The van der Waals surface area contributed by atoms with Gasteiger partial charge in [-0.2, -0.15) is 4.98 Å². The third-order valence-electron chi connectivity index (χ3n) is 1.97. The minimum absolute atomic E-state index is 0.204. The highest BCUT2D eigenvalue weighted by Gasteiger charge is 2.18. The summed E-state index contributed by atoms with van der Waals surface area (Å²) in [6, 6.07) is 2.67. The van der Waals surface area contributed by atoms with Gasteiger partial charge in [0.25, 0.3) is 9.05 Å². The molecule has 92 valence electrons. The van der Waals surface area contributed by atoms with Gasteiger partial charge >= 0.3 is 0 Å². The molecule has 0 aromatic carbocycles. The average molecular weight is 277 g/mol. The van der Waals surface area contributed by atoms with Gasteiger partial charge in [0.2, 0.25) is 16.8 Å². The number of hydrogen-bond acceptors (Lipinski definition) is 6. The van der Waals surface area contributed by atoms with Gasteiger partial charge in [-0.1, -0.05) is 12.1 Å². The van der Waals surface area contributed by atoms with Crippen LogP contribution in [0.15, 0.2) is 26.2 Å². The molecule has 17 heavy (non-hydrogen) atoms. The van der Waals surface area contributed by atoms with Crippen molar-refractivity contribution in [2.45, 2.75) is 24.9 Å². The lowest BCUT2D eigenvalue weighted by atomic mass is 10.3. The summed E-state index contributed by atoms with van der Waals surface area (Å²) in [5.41, 5.74) is 0.